The average molecular weight is 226 g/mol. The molecule has 4 heteroatoms. The summed E-state index contributed by atoms with van der Waals surface area (Å²) in [5, 5.41) is 8.66. The highest BCUT2D eigenvalue weighted by atomic mass is 19.1. The summed E-state index contributed by atoms with van der Waals surface area (Å²) >= 11 is 0. The zero-order valence-electron chi connectivity index (χ0n) is 8.62. The fraction of sp³-hybridized carbons (Fsp3) is 0.417. The largest absolute Gasteiger partial charge is 0.479 e. The number of rotatable bonds is 2. The van der Waals surface area contributed by atoms with E-state index < -0.39 is 23.9 Å². The van der Waals surface area contributed by atoms with Crippen LogP contribution in [0.1, 0.15) is 29.9 Å². The van der Waals surface area contributed by atoms with Gasteiger partial charge in [0.25, 0.3) is 0 Å². The van der Waals surface area contributed by atoms with Gasteiger partial charge in [-0.25, -0.2) is 13.6 Å². The van der Waals surface area contributed by atoms with Gasteiger partial charge in [0.1, 0.15) is 5.82 Å². The van der Waals surface area contributed by atoms with Crippen molar-refractivity contribution in [2.24, 2.45) is 0 Å². The van der Waals surface area contributed by atoms with Crippen LogP contribution in [0.25, 0.3) is 0 Å². The number of benzene rings is 1. The molecule has 1 aliphatic carbocycles. The minimum Gasteiger partial charge on any atom is -0.479 e. The van der Waals surface area contributed by atoms with E-state index in [0.29, 0.717) is 12.0 Å². The Bertz CT molecular complexity index is 417. The molecule has 2 unspecified atom stereocenters. The molecule has 0 saturated carbocycles. The van der Waals surface area contributed by atoms with Crippen molar-refractivity contribution in [3.63, 3.8) is 0 Å². The van der Waals surface area contributed by atoms with Crippen molar-refractivity contribution in [2.45, 2.75) is 31.4 Å². The molecule has 2 rings (SSSR count). The third-order valence-corrected chi connectivity index (χ3v) is 3.06. The van der Waals surface area contributed by atoms with E-state index in [-0.39, 0.29) is 0 Å². The van der Waals surface area contributed by atoms with E-state index >= 15 is 0 Å². The van der Waals surface area contributed by atoms with Gasteiger partial charge in [0.05, 0.1) is 0 Å². The van der Waals surface area contributed by atoms with Crippen molar-refractivity contribution < 1.29 is 18.7 Å². The monoisotopic (exact) mass is 226 g/mol. The third-order valence-electron chi connectivity index (χ3n) is 3.06. The van der Waals surface area contributed by atoms with Crippen LogP contribution in [0.15, 0.2) is 18.2 Å². The number of carboxylic acids is 1. The first-order valence-corrected chi connectivity index (χ1v) is 5.25. The molecule has 86 valence electrons. The fourth-order valence-electron chi connectivity index (χ4n) is 2.28. The van der Waals surface area contributed by atoms with Gasteiger partial charge in [-0.2, -0.15) is 0 Å². The Morgan fingerprint density at radius 1 is 1.50 bits per heavy atom. The molecule has 0 heterocycles. The lowest BCUT2D eigenvalue weighted by molar-refractivity contribution is -0.143. The number of halogens is 2. The Kier molecular flexibility index (Phi) is 2.90. The van der Waals surface area contributed by atoms with Crippen LogP contribution in [0.3, 0.4) is 0 Å². The van der Waals surface area contributed by atoms with E-state index in [4.69, 9.17) is 5.11 Å². The molecule has 2 atom stereocenters. The molecule has 2 nitrogen and oxygen atoms in total. The number of alkyl halides is 1. The molecule has 0 spiro atoms. The zero-order valence-corrected chi connectivity index (χ0v) is 8.62. The maximum absolute atomic E-state index is 13.5. The van der Waals surface area contributed by atoms with Gasteiger partial charge in [0.2, 0.25) is 6.17 Å². The van der Waals surface area contributed by atoms with E-state index in [1.165, 1.54) is 12.1 Å². The Labute approximate surface area is 91.9 Å². The third kappa shape index (κ3) is 1.92. The molecule has 16 heavy (non-hydrogen) atoms. The maximum Gasteiger partial charge on any atom is 0.338 e. The number of carbonyl (C=O) groups is 1. The summed E-state index contributed by atoms with van der Waals surface area (Å²) in [7, 11) is 0. The Morgan fingerprint density at radius 2 is 2.25 bits per heavy atom. The molecule has 1 aliphatic rings. The van der Waals surface area contributed by atoms with E-state index in [0.717, 1.165) is 18.4 Å². The Hall–Kier alpha value is -1.45. The van der Waals surface area contributed by atoms with E-state index in [1.807, 2.05) is 0 Å². The number of hydrogen-bond acceptors (Lipinski definition) is 1. The van der Waals surface area contributed by atoms with Crippen LogP contribution in [-0.2, 0) is 11.2 Å². The molecular weight excluding hydrogens is 214 g/mol. The molecule has 0 saturated heterocycles. The molecule has 0 fully saturated rings. The van der Waals surface area contributed by atoms with Crippen LogP contribution < -0.4 is 0 Å². The molecule has 1 aromatic carbocycles. The van der Waals surface area contributed by atoms with E-state index in [1.54, 1.807) is 6.07 Å². The molecule has 0 bridgehead atoms. The summed E-state index contributed by atoms with van der Waals surface area (Å²) in [4.78, 5) is 10.6. The molecular formula is C12H12F2O2. The number of fused-ring (bicyclic) bond motifs is 1. The van der Waals surface area contributed by atoms with E-state index in [9.17, 15) is 13.6 Å². The summed E-state index contributed by atoms with van der Waals surface area (Å²) in [6, 6.07) is 4.20. The smallest absolute Gasteiger partial charge is 0.338 e. The minimum atomic E-state index is -1.94. The standard InChI is InChI=1S/C12H12F2O2/c13-8-5-4-7-2-1-3-9(10(7)6-8)11(14)12(15)16/h4-6,9,11H,1-3H2,(H,15,16). The fourth-order valence-corrected chi connectivity index (χ4v) is 2.28. The molecule has 1 aromatic rings. The summed E-state index contributed by atoms with van der Waals surface area (Å²) in [6.45, 7) is 0. The van der Waals surface area contributed by atoms with Gasteiger partial charge in [0.15, 0.2) is 0 Å². The number of aliphatic carboxylic acids is 1. The highest BCUT2D eigenvalue weighted by Gasteiger charge is 2.32. The van der Waals surface area contributed by atoms with Gasteiger partial charge in [-0.1, -0.05) is 6.07 Å². The summed E-state index contributed by atoms with van der Waals surface area (Å²) in [6.07, 6.45) is 0.0279. The lowest BCUT2D eigenvalue weighted by atomic mass is 9.80. The molecule has 0 amide bonds. The van der Waals surface area contributed by atoms with Crippen LogP contribution in [0.4, 0.5) is 8.78 Å². The average Bonchev–Trinajstić information content (AvgIpc) is 2.27. The van der Waals surface area contributed by atoms with Gasteiger partial charge in [-0.15, -0.1) is 0 Å². The normalized spacial score (nSPS) is 21.2. The van der Waals surface area contributed by atoms with Gasteiger partial charge in [0, 0.05) is 5.92 Å². The number of carboxylic acid groups (broad SMARTS) is 1. The molecule has 0 aromatic heterocycles. The first-order valence-electron chi connectivity index (χ1n) is 5.25. The van der Waals surface area contributed by atoms with Crippen LogP contribution in [0.5, 0.6) is 0 Å². The maximum atomic E-state index is 13.5. The number of aryl methyl sites for hydroxylation is 1. The molecule has 0 aliphatic heterocycles. The second-order valence-corrected chi connectivity index (χ2v) is 4.08. The topological polar surface area (TPSA) is 37.3 Å². The second kappa shape index (κ2) is 4.20. The molecule has 1 N–H and O–H groups in total. The highest BCUT2D eigenvalue weighted by molar-refractivity contribution is 5.73. The summed E-state index contributed by atoms with van der Waals surface area (Å²) in [5.74, 6) is -2.62. The van der Waals surface area contributed by atoms with Gasteiger partial charge in [-0.05, 0) is 42.5 Å². The van der Waals surface area contributed by atoms with Gasteiger partial charge in [-0.3, -0.25) is 0 Å². The first-order chi connectivity index (χ1) is 7.59. The lowest BCUT2D eigenvalue weighted by Gasteiger charge is -2.26. The molecule has 0 radical (unpaired) electrons. The Morgan fingerprint density at radius 3 is 2.94 bits per heavy atom. The van der Waals surface area contributed by atoms with Crippen molar-refractivity contribution in [2.75, 3.05) is 0 Å². The van der Waals surface area contributed by atoms with Crippen molar-refractivity contribution in [3.05, 3.63) is 35.1 Å². The van der Waals surface area contributed by atoms with E-state index in [2.05, 4.69) is 0 Å². The van der Waals surface area contributed by atoms with Crippen molar-refractivity contribution in [1.29, 1.82) is 0 Å². The van der Waals surface area contributed by atoms with Gasteiger partial charge >= 0.3 is 5.97 Å². The minimum absolute atomic E-state index is 0.441. The van der Waals surface area contributed by atoms with Gasteiger partial charge < -0.3 is 5.11 Å². The van der Waals surface area contributed by atoms with Crippen LogP contribution in [0, 0.1) is 5.82 Å². The zero-order chi connectivity index (χ0) is 11.7. The SMILES string of the molecule is O=C(O)C(F)C1CCCc2ccc(F)cc21. The first kappa shape index (κ1) is 11.0. The van der Waals surface area contributed by atoms with Crippen LogP contribution in [-0.4, -0.2) is 17.2 Å². The predicted molar refractivity (Wildman–Crippen MR) is 54.6 cm³/mol. The summed E-state index contributed by atoms with van der Waals surface area (Å²) in [5.41, 5.74) is 1.38. The summed E-state index contributed by atoms with van der Waals surface area (Å²) < 4.78 is 26.6. The quantitative estimate of drug-likeness (QED) is 0.841. The predicted octanol–water partition coefficient (Wildman–Crippen LogP) is 2.67. The lowest BCUT2D eigenvalue weighted by Crippen LogP contribution is -2.26. The van der Waals surface area contributed by atoms with Crippen molar-refractivity contribution >= 4 is 5.97 Å². The van der Waals surface area contributed by atoms with Crippen LogP contribution in [0.2, 0.25) is 0 Å². The van der Waals surface area contributed by atoms with Crippen molar-refractivity contribution in [1.82, 2.24) is 0 Å². The second-order valence-electron chi connectivity index (χ2n) is 4.08. The Balaban J connectivity index is 2.38. The number of hydrogen-bond donors (Lipinski definition) is 1. The highest BCUT2D eigenvalue weighted by Crippen LogP contribution is 2.35. The van der Waals surface area contributed by atoms with Crippen LogP contribution >= 0.6 is 0 Å². The van der Waals surface area contributed by atoms with Crippen molar-refractivity contribution in [3.8, 4) is 0 Å².